The summed E-state index contributed by atoms with van der Waals surface area (Å²) in [6.07, 6.45) is 0. The number of rotatable bonds is 3. The number of phenols is 1. The lowest BCUT2D eigenvalue weighted by Crippen LogP contribution is -2.02. The molecule has 0 aliphatic rings. The summed E-state index contributed by atoms with van der Waals surface area (Å²) < 4.78 is 4.78. The van der Waals surface area contributed by atoms with Crippen molar-refractivity contribution in [3.05, 3.63) is 59.7 Å². The van der Waals surface area contributed by atoms with Gasteiger partial charge in [-0.1, -0.05) is 30.3 Å². The van der Waals surface area contributed by atoms with Crippen molar-refractivity contribution in [1.29, 1.82) is 0 Å². The highest BCUT2D eigenvalue weighted by atomic mass is 35.5. The third-order valence-electron chi connectivity index (χ3n) is 2.45. The van der Waals surface area contributed by atoms with Crippen LogP contribution in [0.4, 0.5) is 0 Å². The third-order valence-corrected chi connectivity index (χ3v) is 2.61. The minimum absolute atomic E-state index is 0.179. The first-order valence-electron chi connectivity index (χ1n) is 5.38. The van der Waals surface area contributed by atoms with Gasteiger partial charge in [0.1, 0.15) is 11.5 Å². The minimum atomic E-state index is -0.266. The summed E-state index contributed by atoms with van der Waals surface area (Å²) >= 11 is 10.00. The van der Waals surface area contributed by atoms with Crippen molar-refractivity contribution in [2.45, 2.75) is 0 Å². The van der Waals surface area contributed by atoms with E-state index in [0.29, 0.717) is 5.56 Å². The van der Waals surface area contributed by atoms with Crippen LogP contribution >= 0.6 is 23.8 Å². The van der Waals surface area contributed by atoms with Crippen LogP contribution in [0.5, 0.6) is 11.5 Å². The third kappa shape index (κ3) is 3.30. The molecule has 0 amide bonds. The van der Waals surface area contributed by atoms with Gasteiger partial charge in [0.2, 0.25) is 0 Å². The van der Waals surface area contributed by atoms with E-state index in [0.717, 1.165) is 0 Å². The van der Waals surface area contributed by atoms with Gasteiger partial charge in [-0.05, 0) is 36.0 Å². The molecule has 0 atom stereocenters. The van der Waals surface area contributed by atoms with Crippen molar-refractivity contribution >= 4 is 34.1 Å². The standard InChI is InChI=1S/C14H9ClO3S/c15-14(19)18-10-6-7-11(12(16)8-10)13(17)9-4-2-1-3-5-9/h1-8,16H. The molecule has 2 aromatic carbocycles. The number of aromatic hydroxyl groups is 1. The van der Waals surface area contributed by atoms with Crippen molar-refractivity contribution in [1.82, 2.24) is 0 Å². The highest BCUT2D eigenvalue weighted by Gasteiger charge is 2.14. The van der Waals surface area contributed by atoms with Crippen molar-refractivity contribution in [2.24, 2.45) is 0 Å². The Labute approximate surface area is 120 Å². The van der Waals surface area contributed by atoms with Gasteiger partial charge in [-0.3, -0.25) is 4.79 Å². The van der Waals surface area contributed by atoms with Gasteiger partial charge in [0, 0.05) is 11.6 Å². The quantitative estimate of drug-likeness (QED) is 0.534. The fraction of sp³-hybridized carbons (Fsp3) is 0. The fourth-order valence-electron chi connectivity index (χ4n) is 1.60. The van der Waals surface area contributed by atoms with Gasteiger partial charge < -0.3 is 9.84 Å². The van der Waals surface area contributed by atoms with Crippen LogP contribution in [0.15, 0.2) is 48.5 Å². The van der Waals surface area contributed by atoms with Gasteiger partial charge in [0.15, 0.2) is 5.78 Å². The first kappa shape index (κ1) is 13.5. The number of phenolic OH excluding ortho intramolecular Hbond substituents is 1. The Morgan fingerprint density at radius 3 is 2.42 bits per heavy atom. The summed E-state index contributed by atoms with van der Waals surface area (Å²) in [5, 5.41) is 9.85. The molecule has 0 aliphatic carbocycles. The predicted octanol–water partition coefficient (Wildman–Crippen LogP) is 3.53. The summed E-state index contributed by atoms with van der Waals surface area (Å²) in [7, 11) is 0. The molecule has 96 valence electrons. The maximum absolute atomic E-state index is 12.1. The van der Waals surface area contributed by atoms with E-state index in [1.165, 1.54) is 18.2 Å². The zero-order chi connectivity index (χ0) is 13.8. The highest BCUT2D eigenvalue weighted by Crippen LogP contribution is 2.26. The van der Waals surface area contributed by atoms with Crippen molar-refractivity contribution in [3.63, 3.8) is 0 Å². The monoisotopic (exact) mass is 292 g/mol. The lowest BCUT2D eigenvalue weighted by atomic mass is 10.0. The lowest BCUT2D eigenvalue weighted by Gasteiger charge is -2.06. The van der Waals surface area contributed by atoms with Gasteiger partial charge in [-0.2, -0.15) is 0 Å². The van der Waals surface area contributed by atoms with E-state index in [2.05, 4.69) is 12.2 Å². The topological polar surface area (TPSA) is 46.5 Å². The van der Waals surface area contributed by atoms with E-state index in [1.807, 2.05) is 6.07 Å². The Balaban J connectivity index is 2.31. The number of benzene rings is 2. The molecule has 0 fully saturated rings. The number of hydrogen-bond donors (Lipinski definition) is 1. The van der Waals surface area contributed by atoms with E-state index < -0.39 is 0 Å². The molecule has 0 bridgehead atoms. The number of hydrogen-bond acceptors (Lipinski definition) is 4. The van der Waals surface area contributed by atoms with Crippen molar-refractivity contribution in [3.8, 4) is 11.5 Å². The Bertz CT molecular complexity index is 626. The molecule has 5 heteroatoms. The number of ether oxygens (including phenoxy) is 1. The van der Waals surface area contributed by atoms with Crippen LogP contribution in [-0.4, -0.2) is 15.4 Å². The average Bonchev–Trinajstić information content (AvgIpc) is 2.38. The van der Waals surface area contributed by atoms with Crippen LogP contribution in [0.25, 0.3) is 0 Å². The van der Waals surface area contributed by atoms with Crippen LogP contribution in [0.2, 0.25) is 0 Å². The summed E-state index contributed by atoms with van der Waals surface area (Å²) in [5.74, 6) is -0.167. The average molecular weight is 293 g/mol. The second kappa shape index (κ2) is 5.82. The molecule has 0 radical (unpaired) electrons. The molecule has 0 heterocycles. The first-order chi connectivity index (χ1) is 9.08. The Morgan fingerprint density at radius 1 is 1.16 bits per heavy atom. The van der Waals surface area contributed by atoms with E-state index >= 15 is 0 Å². The number of thiocarbonyl (C=S) groups is 1. The molecular weight excluding hydrogens is 284 g/mol. The molecule has 2 rings (SSSR count). The van der Waals surface area contributed by atoms with Gasteiger partial charge in [-0.25, -0.2) is 0 Å². The molecule has 0 aliphatic heterocycles. The van der Waals surface area contributed by atoms with Crippen LogP contribution in [0.1, 0.15) is 15.9 Å². The molecular formula is C14H9ClO3S. The summed E-state index contributed by atoms with van der Waals surface area (Å²) in [6.45, 7) is 0. The molecule has 1 N–H and O–H groups in total. The maximum atomic E-state index is 12.1. The fourth-order valence-corrected chi connectivity index (χ4v) is 1.79. The normalized spacial score (nSPS) is 9.95. The summed E-state index contributed by atoms with van der Waals surface area (Å²) in [5.41, 5.74) is 0.693. The minimum Gasteiger partial charge on any atom is -0.507 e. The molecule has 3 nitrogen and oxygen atoms in total. The molecule has 0 saturated heterocycles. The number of carbonyl (C=O) groups is 1. The van der Waals surface area contributed by atoms with Crippen molar-refractivity contribution in [2.75, 3.05) is 0 Å². The Hall–Kier alpha value is -1.91. The molecule has 19 heavy (non-hydrogen) atoms. The van der Waals surface area contributed by atoms with E-state index in [-0.39, 0.29) is 27.4 Å². The SMILES string of the molecule is O=C(c1ccccc1)c1ccc(OC(=S)Cl)cc1O. The van der Waals surface area contributed by atoms with Gasteiger partial charge in [0.25, 0.3) is 4.51 Å². The van der Waals surface area contributed by atoms with Crippen molar-refractivity contribution < 1.29 is 14.6 Å². The second-order valence-corrected chi connectivity index (χ2v) is 4.65. The second-order valence-electron chi connectivity index (χ2n) is 3.71. The molecule has 2 aromatic rings. The smallest absolute Gasteiger partial charge is 0.260 e. The lowest BCUT2D eigenvalue weighted by molar-refractivity contribution is 0.103. The molecule has 0 unspecified atom stereocenters. The number of ketones is 1. The maximum Gasteiger partial charge on any atom is 0.260 e. The van der Waals surface area contributed by atoms with Crippen LogP contribution in [0, 0.1) is 0 Å². The first-order valence-corrected chi connectivity index (χ1v) is 6.16. The number of carbonyl (C=O) groups excluding carboxylic acids is 1. The van der Waals surface area contributed by atoms with Crippen LogP contribution in [0.3, 0.4) is 0 Å². The van der Waals surface area contributed by atoms with Gasteiger partial charge in [0.05, 0.1) is 5.56 Å². The summed E-state index contributed by atoms with van der Waals surface area (Å²) in [4.78, 5) is 12.1. The number of halogens is 1. The van der Waals surface area contributed by atoms with E-state index in [4.69, 9.17) is 16.3 Å². The Kier molecular flexibility index (Phi) is 4.14. The molecule has 0 aromatic heterocycles. The predicted molar refractivity (Wildman–Crippen MR) is 77.1 cm³/mol. The largest absolute Gasteiger partial charge is 0.507 e. The summed E-state index contributed by atoms with van der Waals surface area (Å²) in [6, 6.07) is 13.0. The van der Waals surface area contributed by atoms with Gasteiger partial charge in [-0.15, -0.1) is 0 Å². The zero-order valence-electron chi connectivity index (χ0n) is 9.67. The van der Waals surface area contributed by atoms with E-state index in [1.54, 1.807) is 24.3 Å². The molecule has 0 spiro atoms. The van der Waals surface area contributed by atoms with Crippen LogP contribution < -0.4 is 4.74 Å². The molecule has 0 saturated carbocycles. The van der Waals surface area contributed by atoms with Crippen LogP contribution in [-0.2, 0) is 0 Å². The highest BCUT2D eigenvalue weighted by molar-refractivity contribution is 7.82. The zero-order valence-corrected chi connectivity index (χ0v) is 11.2. The van der Waals surface area contributed by atoms with Gasteiger partial charge >= 0.3 is 0 Å². The van der Waals surface area contributed by atoms with E-state index in [9.17, 15) is 9.90 Å². The Morgan fingerprint density at radius 2 is 1.84 bits per heavy atom.